The van der Waals surface area contributed by atoms with Gasteiger partial charge in [0, 0.05) is 10.7 Å². The molecule has 2 heterocycles. The maximum absolute atomic E-state index is 12.9. The quantitative estimate of drug-likeness (QED) is 0.743. The van der Waals surface area contributed by atoms with Crippen LogP contribution in [0.5, 0.6) is 0 Å². The van der Waals surface area contributed by atoms with Gasteiger partial charge in [0.15, 0.2) is 12.1 Å². The summed E-state index contributed by atoms with van der Waals surface area (Å²) in [5, 5.41) is 12.4. The van der Waals surface area contributed by atoms with E-state index in [1.807, 2.05) is 24.3 Å². The molecule has 154 valence electrons. The van der Waals surface area contributed by atoms with Crippen LogP contribution in [0, 0.1) is 0 Å². The van der Waals surface area contributed by atoms with Crippen LogP contribution in [0.1, 0.15) is 25.3 Å². The molecular formula is C21H20ClN5O3. The van der Waals surface area contributed by atoms with E-state index in [9.17, 15) is 14.4 Å². The number of nitrogens with one attached hydrogen (secondary N) is 1. The molecule has 1 saturated heterocycles. The molecule has 4 rings (SSSR count). The molecule has 2 aromatic rings. The Morgan fingerprint density at radius 1 is 1.07 bits per heavy atom. The first-order valence-electron chi connectivity index (χ1n) is 9.56. The first kappa shape index (κ1) is 20.0. The minimum absolute atomic E-state index is 0.190. The Hall–Kier alpha value is -3.26. The fraction of sp³-hybridized carbons (Fsp3) is 0.286. The summed E-state index contributed by atoms with van der Waals surface area (Å²) >= 11 is 5.88. The average molecular weight is 426 g/mol. The second kappa shape index (κ2) is 7.87. The molecule has 3 amide bonds. The number of amides is 3. The highest BCUT2D eigenvalue weighted by Gasteiger charge is 2.55. The lowest BCUT2D eigenvalue weighted by atomic mass is 10.0. The summed E-state index contributed by atoms with van der Waals surface area (Å²) in [5.41, 5.74) is 2.23. The lowest BCUT2D eigenvalue weighted by molar-refractivity contribution is -0.123. The van der Waals surface area contributed by atoms with Crippen LogP contribution in [0.4, 0.5) is 11.4 Å². The van der Waals surface area contributed by atoms with Crippen LogP contribution in [0.2, 0.25) is 5.02 Å². The fourth-order valence-corrected chi connectivity index (χ4v) is 3.62. The lowest BCUT2D eigenvalue weighted by Gasteiger charge is -2.20. The highest BCUT2D eigenvalue weighted by atomic mass is 35.5. The molecule has 1 N–H and O–H groups in total. The van der Waals surface area contributed by atoms with Gasteiger partial charge < -0.3 is 5.32 Å². The number of anilines is 2. The van der Waals surface area contributed by atoms with Crippen molar-refractivity contribution in [1.29, 1.82) is 0 Å². The van der Waals surface area contributed by atoms with E-state index in [0.717, 1.165) is 4.90 Å². The number of rotatable bonds is 5. The zero-order valence-corrected chi connectivity index (χ0v) is 17.2. The highest BCUT2D eigenvalue weighted by Crippen LogP contribution is 2.32. The third-order valence-corrected chi connectivity index (χ3v) is 5.36. The number of benzene rings is 2. The molecule has 2 aliphatic rings. The van der Waals surface area contributed by atoms with E-state index >= 15 is 0 Å². The Labute approximate surface area is 178 Å². The van der Waals surface area contributed by atoms with E-state index in [1.165, 1.54) is 10.6 Å². The maximum Gasteiger partial charge on any atom is 0.263 e. The van der Waals surface area contributed by atoms with Gasteiger partial charge in [-0.05, 0) is 47.9 Å². The summed E-state index contributed by atoms with van der Waals surface area (Å²) in [7, 11) is 0. The van der Waals surface area contributed by atoms with Crippen LogP contribution in [0.15, 0.2) is 58.9 Å². The first-order valence-corrected chi connectivity index (χ1v) is 9.93. The van der Waals surface area contributed by atoms with E-state index in [4.69, 9.17) is 11.6 Å². The largest absolute Gasteiger partial charge is 0.324 e. The van der Waals surface area contributed by atoms with Crippen LogP contribution in [-0.2, 0) is 14.4 Å². The summed E-state index contributed by atoms with van der Waals surface area (Å²) in [6.07, 6.45) is 0. The van der Waals surface area contributed by atoms with Crippen molar-refractivity contribution in [3.63, 3.8) is 0 Å². The van der Waals surface area contributed by atoms with Crippen LogP contribution in [-0.4, -0.2) is 41.4 Å². The topological polar surface area (TPSA) is 94.4 Å². The Morgan fingerprint density at radius 2 is 1.73 bits per heavy atom. The van der Waals surface area contributed by atoms with Crippen molar-refractivity contribution >= 4 is 40.7 Å². The molecule has 1 fully saturated rings. The number of carbonyl (C=O) groups excluding carboxylic acids is 3. The molecule has 0 aliphatic carbocycles. The SMILES string of the molecule is CC(C)c1ccc(NC(=O)CN2N=N[C@H]3C(=O)N(c4ccc(Cl)cc4)C(=O)[C@H]32)cc1. The zero-order chi connectivity index (χ0) is 21.4. The summed E-state index contributed by atoms with van der Waals surface area (Å²) in [6, 6.07) is 12.1. The zero-order valence-electron chi connectivity index (χ0n) is 16.4. The lowest BCUT2D eigenvalue weighted by Crippen LogP contribution is -2.43. The second-order valence-corrected chi connectivity index (χ2v) is 7.94. The summed E-state index contributed by atoms with van der Waals surface area (Å²) < 4.78 is 0. The number of hydrogen-bond acceptors (Lipinski definition) is 6. The van der Waals surface area contributed by atoms with Crippen molar-refractivity contribution in [3.8, 4) is 0 Å². The number of fused-ring (bicyclic) bond motifs is 1. The number of halogens is 1. The van der Waals surface area contributed by atoms with Gasteiger partial charge in [-0.1, -0.05) is 42.8 Å². The van der Waals surface area contributed by atoms with Crippen LogP contribution < -0.4 is 10.2 Å². The first-order chi connectivity index (χ1) is 14.3. The van der Waals surface area contributed by atoms with E-state index < -0.39 is 23.9 Å². The van der Waals surface area contributed by atoms with Crippen molar-refractivity contribution in [3.05, 3.63) is 59.1 Å². The molecule has 8 nitrogen and oxygen atoms in total. The van der Waals surface area contributed by atoms with Crippen molar-refractivity contribution in [2.45, 2.75) is 31.8 Å². The van der Waals surface area contributed by atoms with E-state index in [-0.39, 0.29) is 12.5 Å². The fourth-order valence-electron chi connectivity index (χ4n) is 3.50. The number of imide groups is 1. The summed E-state index contributed by atoms with van der Waals surface area (Å²) in [4.78, 5) is 39.1. The van der Waals surface area contributed by atoms with Gasteiger partial charge in [-0.3, -0.25) is 19.4 Å². The summed E-state index contributed by atoms with van der Waals surface area (Å²) in [5.74, 6) is -0.891. The normalized spacial score (nSPS) is 20.3. The number of hydrogen-bond donors (Lipinski definition) is 1. The molecular weight excluding hydrogens is 406 g/mol. The molecule has 0 bridgehead atoms. The molecule has 0 unspecified atom stereocenters. The molecule has 0 spiro atoms. The summed E-state index contributed by atoms with van der Waals surface area (Å²) in [6.45, 7) is 4.00. The van der Waals surface area contributed by atoms with E-state index in [1.54, 1.807) is 24.3 Å². The van der Waals surface area contributed by atoms with Gasteiger partial charge in [0.1, 0.15) is 6.54 Å². The van der Waals surface area contributed by atoms with Crippen LogP contribution >= 0.6 is 11.6 Å². The third-order valence-electron chi connectivity index (χ3n) is 5.11. The van der Waals surface area contributed by atoms with Gasteiger partial charge in [0.2, 0.25) is 5.91 Å². The van der Waals surface area contributed by atoms with Crippen molar-refractivity contribution < 1.29 is 14.4 Å². The van der Waals surface area contributed by atoms with E-state index in [2.05, 4.69) is 29.5 Å². The Morgan fingerprint density at radius 3 is 2.37 bits per heavy atom. The van der Waals surface area contributed by atoms with Gasteiger partial charge >= 0.3 is 0 Å². The molecule has 30 heavy (non-hydrogen) atoms. The standard InChI is InChI=1S/C21H20ClN5O3/c1-12(2)13-3-7-15(8-4-13)23-17(28)11-26-19-18(24-25-26)20(29)27(21(19)30)16-9-5-14(22)6-10-16/h3-10,12,18-19H,11H2,1-2H3,(H,23,28)/t18-,19+/m1/s1. The van der Waals surface area contributed by atoms with Gasteiger partial charge in [-0.25, -0.2) is 4.90 Å². The third kappa shape index (κ3) is 3.66. The average Bonchev–Trinajstić information content (AvgIpc) is 3.23. The molecule has 9 heteroatoms. The van der Waals surface area contributed by atoms with Crippen LogP contribution in [0.3, 0.4) is 0 Å². The van der Waals surface area contributed by atoms with Gasteiger partial charge in [-0.15, -0.1) is 0 Å². The van der Waals surface area contributed by atoms with Gasteiger partial charge in [0.05, 0.1) is 5.69 Å². The second-order valence-electron chi connectivity index (χ2n) is 7.51. The van der Waals surface area contributed by atoms with Crippen molar-refractivity contribution in [2.75, 3.05) is 16.8 Å². The van der Waals surface area contributed by atoms with Crippen molar-refractivity contribution in [2.24, 2.45) is 10.3 Å². The predicted octanol–water partition coefficient (Wildman–Crippen LogP) is 3.40. The molecule has 2 aromatic carbocycles. The maximum atomic E-state index is 12.9. The monoisotopic (exact) mass is 425 g/mol. The van der Waals surface area contributed by atoms with Crippen LogP contribution in [0.25, 0.3) is 0 Å². The molecule has 0 aromatic heterocycles. The predicted molar refractivity (Wildman–Crippen MR) is 112 cm³/mol. The molecule has 2 aliphatic heterocycles. The minimum Gasteiger partial charge on any atom is -0.324 e. The Kier molecular flexibility index (Phi) is 5.26. The molecule has 0 saturated carbocycles. The molecule has 2 atom stereocenters. The smallest absolute Gasteiger partial charge is 0.263 e. The Bertz CT molecular complexity index is 1020. The van der Waals surface area contributed by atoms with Gasteiger partial charge in [-0.2, -0.15) is 5.11 Å². The Balaban J connectivity index is 1.44. The number of nitrogens with zero attached hydrogens (tertiary/aromatic N) is 4. The van der Waals surface area contributed by atoms with Crippen molar-refractivity contribution in [1.82, 2.24) is 5.01 Å². The van der Waals surface area contributed by atoms with E-state index in [0.29, 0.717) is 22.3 Å². The highest BCUT2D eigenvalue weighted by molar-refractivity contribution is 6.31. The number of carbonyl (C=O) groups is 3. The van der Waals surface area contributed by atoms with Gasteiger partial charge in [0.25, 0.3) is 11.8 Å². The minimum atomic E-state index is -0.952. The molecule has 0 radical (unpaired) electrons.